The quantitative estimate of drug-likeness (QED) is 0.826. The summed E-state index contributed by atoms with van der Waals surface area (Å²) in [7, 11) is -3.52. The lowest BCUT2D eigenvalue weighted by molar-refractivity contribution is 0.573. The van der Waals surface area contributed by atoms with Crippen LogP contribution in [0.3, 0.4) is 0 Å². The molecule has 0 bridgehead atoms. The normalized spacial score (nSPS) is 23.6. The maximum absolute atomic E-state index is 12.0. The predicted octanol–water partition coefficient (Wildman–Crippen LogP) is 1.13. The fourth-order valence-electron chi connectivity index (χ4n) is 1.97. The van der Waals surface area contributed by atoms with Crippen molar-refractivity contribution in [2.75, 3.05) is 5.73 Å². The number of nitrogens with one attached hydrogen (secondary N) is 1. The van der Waals surface area contributed by atoms with Crippen LogP contribution in [0.15, 0.2) is 23.2 Å². The van der Waals surface area contributed by atoms with Gasteiger partial charge in [-0.3, -0.25) is 0 Å². The molecule has 0 saturated heterocycles. The van der Waals surface area contributed by atoms with Crippen molar-refractivity contribution in [1.29, 1.82) is 0 Å². The van der Waals surface area contributed by atoms with E-state index in [-0.39, 0.29) is 16.8 Å². The van der Waals surface area contributed by atoms with Gasteiger partial charge in [0, 0.05) is 12.2 Å². The summed E-state index contributed by atoms with van der Waals surface area (Å²) >= 11 is 0. The second kappa shape index (κ2) is 4.62. The van der Waals surface area contributed by atoms with Crippen LogP contribution in [0.4, 0.5) is 5.82 Å². The standard InChI is InChI=1S/C11H17N3O2S/c1-2-4-8-7-9(8)14-17(15,16)10-5-3-6-13-11(10)12/h3,5-6,8-9,14H,2,4,7H2,1H3,(H2,12,13). The molecular formula is C11H17N3O2S. The highest BCUT2D eigenvalue weighted by Gasteiger charge is 2.39. The predicted molar refractivity (Wildman–Crippen MR) is 65.8 cm³/mol. The molecule has 1 fully saturated rings. The van der Waals surface area contributed by atoms with E-state index < -0.39 is 10.0 Å². The van der Waals surface area contributed by atoms with Gasteiger partial charge in [0.1, 0.15) is 10.7 Å². The summed E-state index contributed by atoms with van der Waals surface area (Å²) in [5.74, 6) is 0.528. The Balaban J connectivity index is 2.08. The zero-order valence-electron chi connectivity index (χ0n) is 9.76. The Morgan fingerprint density at radius 2 is 2.35 bits per heavy atom. The fourth-order valence-corrected chi connectivity index (χ4v) is 3.37. The molecule has 0 aliphatic heterocycles. The molecule has 1 aliphatic rings. The first-order valence-corrected chi connectivity index (χ1v) is 7.25. The highest BCUT2D eigenvalue weighted by molar-refractivity contribution is 7.89. The van der Waals surface area contributed by atoms with Gasteiger partial charge in [0.2, 0.25) is 10.0 Å². The average Bonchev–Trinajstić information content (AvgIpc) is 2.96. The summed E-state index contributed by atoms with van der Waals surface area (Å²) in [6.45, 7) is 2.10. The molecule has 1 aromatic rings. The van der Waals surface area contributed by atoms with Crippen molar-refractivity contribution >= 4 is 15.8 Å². The third-order valence-corrected chi connectivity index (χ3v) is 4.52. The third-order valence-electron chi connectivity index (χ3n) is 2.98. The molecule has 1 saturated carbocycles. The molecule has 1 aromatic heterocycles. The van der Waals surface area contributed by atoms with E-state index in [0.29, 0.717) is 5.92 Å². The van der Waals surface area contributed by atoms with Gasteiger partial charge in [-0.15, -0.1) is 0 Å². The lowest BCUT2D eigenvalue weighted by atomic mass is 10.2. The van der Waals surface area contributed by atoms with E-state index in [4.69, 9.17) is 5.73 Å². The third kappa shape index (κ3) is 2.76. The van der Waals surface area contributed by atoms with Gasteiger partial charge in [0.25, 0.3) is 0 Å². The highest BCUT2D eigenvalue weighted by Crippen LogP contribution is 2.35. The number of nitrogens with two attached hydrogens (primary N) is 1. The molecule has 1 heterocycles. The van der Waals surface area contributed by atoms with Crippen molar-refractivity contribution in [2.24, 2.45) is 5.92 Å². The Morgan fingerprint density at radius 3 is 3.00 bits per heavy atom. The van der Waals surface area contributed by atoms with Crippen LogP contribution in [0.5, 0.6) is 0 Å². The molecule has 1 aliphatic carbocycles. The number of aromatic nitrogens is 1. The number of hydrogen-bond donors (Lipinski definition) is 2. The van der Waals surface area contributed by atoms with E-state index in [0.717, 1.165) is 19.3 Å². The Morgan fingerprint density at radius 1 is 1.59 bits per heavy atom. The first kappa shape index (κ1) is 12.3. The molecule has 94 valence electrons. The molecular weight excluding hydrogens is 238 g/mol. The minimum Gasteiger partial charge on any atom is -0.383 e. The van der Waals surface area contributed by atoms with Gasteiger partial charge in [-0.1, -0.05) is 13.3 Å². The topological polar surface area (TPSA) is 85.1 Å². The zero-order chi connectivity index (χ0) is 12.5. The van der Waals surface area contributed by atoms with Crippen LogP contribution < -0.4 is 10.5 Å². The molecule has 2 rings (SSSR count). The van der Waals surface area contributed by atoms with Crippen LogP contribution in [-0.2, 0) is 10.0 Å². The summed E-state index contributed by atoms with van der Waals surface area (Å²) in [4.78, 5) is 3.86. The van der Waals surface area contributed by atoms with Crippen molar-refractivity contribution in [3.8, 4) is 0 Å². The van der Waals surface area contributed by atoms with Gasteiger partial charge in [-0.25, -0.2) is 18.1 Å². The molecule has 5 nitrogen and oxygen atoms in total. The molecule has 0 radical (unpaired) electrons. The molecule has 3 N–H and O–H groups in total. The summed E-state index contributed by atoms with van der Waals surface area (Å²) < 4.78 is 26.7. The molecule has 2 unspecified atom stereocenters. The number of hydrogen-bond acceptors (Lipinski definition) is 4. The molecule has 0 amide bonds. The Hall–Kier alpha value is -1.14. The van der Waals surface area contributed by atoms with Crippen molar-refractivity contribution in [3.05, 3.63) is 18.3 Å². The van der Waals surface area contributed by atoms with E-state index in [1.165, 1.54) is 12.3 Å². The van der Waals surface area contributed by atoms with Gasteiger partial charge in [-0.05, 0) is 30.9 Å². The lowest BCUT2D eigenvalue weighted by Crippen LogP contribution is -2.28. The maximum Gasteiger partial charge on any atom is 0.244 e. The van der Waals surface area contributed by atoms with Crippen LogP contribution in [0.1, 0.15) is 26.2 Å². The van der Waals surface area contributed by atoms with Gasteiger partial charge >= 0.3 is 0 Å². The molecule has 17 heavy (non-hydrogen) atoms. The van der Waals surface area contributed by atoms with Crippen LogP contribution in [-0.4, -0.2) is 19.4 Å². The van der Waals surface area contributed by atoms with Gasteiger partial charge in [-0.2, -0.15) is 0 Å². The van der Waals surface area contributed by atoms with E-state index in [2.05, 4.69) is 16.6 Å². The van der Waals surface area contributed by atoms with Crippen LogP contribution in [0.2, 0.25) is 0 Å². The van der Waals surface area contributed by atoms with Crippen LogP contribution in [0.25, 0.3) is 0 Å². The second-order valence-electron chi connectivity index (χ2n) is 4.40. The first-order chi connectivity index (χ1) is 8.04. The number of anilines is 1. The maximum atomic E-state index is 12.0. The van der Waals surface area contributed by atoms with Gasteiger partial charge < -0.3 is 5.73 Å². The molecule has 0 aromatic carbocycles. The van der Waals surface area contributed by atoms with E-state index in [1.807, 2.05) is 0 Å². The Bertz CT molecular complexity index is 501. The largest absolute Gasteiger partial charge is 0.383 e. The number of nitrogen functional groups attached to an aromatic ring is 1. The first-order valence-electron chi connectivity index (χ1n) is 5.77. The number of nitrogens with zero attached hydrogens (tertiary/aromatic N) is 1. The lowest BCUT2D eigenvalue weighted by Gasteiger charge is -2.07. The van der Waals surface area contributed by atoms with Crippen molar-refractivity contribution < 1.29 is 8.42 Å². The number of pyridine rings is 1. The van der Waals surface area contributed by atoms with Crippen LogP contribution >= 0.6 is 0 Å². The Labute approximate surface area is 101 Å². The summed E-state index contributed by atoms with van der Waals surface area (Å²) in [6.07, 6.45) is 4.55. The number of sulfonamides is 1. The van der Waals surface area contributed by atoms with Gasteiger partial charge in [0.15, 0.2) is 0 Å². The Kier molecular flexibility index (Phi) is 3.35. The van der Waals surface area contributed by atoms with E-state index >= 15 is 0 Å². The molecule has 2 atom stereocenters. The fraction of sp³-hybridized carbons (Fsp3) is 0.545. The minimum absolute atomic E-state index is 0.0488. The molecule has 0 spiro atoms. The van der Waals surface area contributed by atoms with Gasteiger partial charge in [0.05, 0.1) is 0 Å². The van der Waals surface area contributed by atoms with E-state index in [9.17, 15) is 8.42 Å². The van der Waals surface area contributed by atoms with E-state index in [1.54, 1.807) is 6.07 Å². The molecule has 6 heteroatoms. The average molecular weight is 255 g/mol. The van der Waals surface area contributed by atoms with Crippen molar-refractivity contribution in [1.82, 2.24) is 9.71 Å². The smallest absolute Gasteiger partial charge is 0.244 e. The highest BCUT2D eigenvalue weighted by atomic mass is 32.2. The summed E-state index contributed by atoms with van der Waals surface area (Å²) in [5, 5.41) is 0. The number of rotatable bonds is 5. The minimum atomic E-state index is -3.52. The monoisotopic (exact) mass is 255 g/mol. The van der Waals surface area contributed by atoms with Crippen molar-refractivity contribution in [2.45, 2.75) is 37.1 Å². The summed E-state index contributed by atoms with van der Waals surface area (Å²) in [5.41, 5.74) is 5.57. The summed E-state index contributed by atoms with van der Waals surface area (Å²) in [6, 6.07) is 3.11. The van der Waals surface area contributed by atoms with Crippen LogP contribution in [0, 0.1) is 5.92 Å². The van der Waals surface area contributed by atoms with Crippen molar-refractivity contribution in [3.63, 3.8) is 0 Å². The zero-order valence-corrected chi connectivity index (χ0v) is 10.6. The second-order valence-corrected chi connectivity index (χ2v) is 6.08. The SMILES string of the molecule is CCCC1CC1NS(=O)(=O)c1cccnc1N.